The van der Waals surface area contributed by atoms with Crippen LogP contribution in [0.15, 0.2) is 81.6 Å². The average Bonchev–Trinajstić information content (AvgIpc) is 3.08. The van der Waals surface area contributed by atoms with Gasteiger partial charge in [0.15, 0.2) is 5.17 Å². The number of amidine groups is 1. The van der Waals surface area contributed by atoms with Crippen LogP contribution < -0.4 is 15.8 Å². The lowest BCUT2D eigenvalue weighted by atomic mass is 9.93. The third-order valence-corrected chi connectivity index (χ3v) is 5.86. The van der Waals surface area contributed by atoms with Crippen molar-refractivity contribution >= 4 is 28.5 Å². The number of thioether (sulfide) groups is 1. The van der Waals surface area contributed by atoms with E-state index in [9.17, 15) is 10.1 Å². The van der Waals surface area contributed by atoms with Crippen molar-refractivity contribution in [2.75, 3.05) is 12.4 Å². The van der Waals surface area contributed by atoms with Gasteiger partial charge in [-0.25, -0.2) is 4.99 Å². The Morgan fingerprint density at radius 3 is 2.63 bits per heavy atom. The summed E-state index contributed by atoms with van der Waals surface area (Å²) in [7, 11) is 1.58. The lowest BCUT2D eigenvalue weighted by Gasteiger charge is -2.35. The van der Waals surface area contributed by atoms with Gasteiger partial charge in [-0.1, -0.05) is 36.4 Å². The maximum absolute atomic E-state index is 13.4. The van der Waals surface area contributed by atoms with Crippen LogP contribution in [0.2, 0.25) is 0 Å². The number of amides is 1. The third-order valence-electron chi connectivity index (χ3n) is 4.89. The van der Waals surface area contributed by atoms with Crippen LogP contribution in [0.4, 0.5) is 5.69 Å². The summed E-state index contributed by atoms with van der Waals surface area (Å²) < 4.78 is 5.57. The monoisotopic (exact) mass is 417 g/mol. The molecule has 0 saturated carbocycles. The number of hydrogen-bond acceptors (Lipinski definition) is 7. The Labute approximate surface area is 178 Å². The summed E-state index contributed by atoms with van der Waals surface area (Å²) in [5.74, 6) is 0.597. The number of nitrogens with two attached hydrogens (primary N) is 1. The van der Waals surface area contributed by atoms with E-state index >= 15 is 0 Å². The zero-order valence-electron chi connectivity index (χ0n) is 16.4. The largest absolute Gasteiger partial charge is 0.496 e. The van der Waals surface area contributed by atoms with Crippen LogP contribution in [-0.4, -0.2) is 23.1 Å². The quantitative estimate of drug-likeness (QED) is 0.786. The Balaban J connectivity index is 1.86. The van der Waals surface area contributed by atoms with Crippen LogP contribution in [0.5, 0.6) is 5.75 Å². The van der Waals surface area contributed by atoms with Crippen molar-refractivity contribution in [3.05, 3.63) is 82.2 Å². The summed E-state index contributed by atoms with van der Waals surface area (Å²) in [6.07, 6.45) is 0. The molecule has 150 valence electrons. The van der Waals surface area contributed by atoms with E-state index in [-0.39, 0.29) is 11.7 Å². The highest BCUT2D eigenvalue weighted by molar-refractivity contribution is 8.17. The van der Waals surface area contributed by atoms with Gasteiger partial charge in [0.05, 0.1) is 24.4 Å². The Morgan fingerprint density at radius 1 is 1.23 bits per heavy atom. The number of nitrogens with one attached hydrogen (secondary N) is 1. The standard InChI is InChI=1S/C22H19N5O2S/c1-13-18(21(28)26-14-8-4-3-5-9-14)19(15-10-6-7-11-16(15)29-2)27-20(24)17(12-23)30-22(27)25-13/h3-11,19H,24H2,1-2H3,(H,26,28)/t19-/m0/s1. The Bertz CT molecular complexity index is 1150. The molecule has 1 amide bonds. The molecular weight excluding hydrogens is 398 g/mol. The fourth-order valence-electron chi connectivity index (χ4n) is 3.54. The molecule has 0 bridgehead atoms. The van der Waals surface area contributed by atoms with Crippen molar-refractivity contribution in [2.45, 2.75) is 13.0 Å². The Kier molecular flexibility index (Phi) is 5.21. The molecule has 2 heterocycles. The van der Waals surface area contributed by atoms with Crippen LogP contribution in [-0.2, 0) is 4.79 Å². The molecule has 7 nitrogen and oxygen atoms in total. The number of aliphatic imine (C=N–C) groups is 1. The number of anilines is 1. The van der Waals surface area contributed by atoms with Crippen LogP contribution in [0.1, 0.15) is 18.5 Å². The number of hydrogen-bond donors (Lipinski definition) is 2. The molecule has 2 aromatic carbocycles. The first-order valence-electron chi connectivity index (χ1n) is 9.21. The van der Waals surface area contributed by atoms with Gasteiger partial charge in [0.2, 0.25) is 0 Å². The van der Waals surface area contributed by atoms with E-state index in [1.165, 1.54) is 11.8 Å². The lowest BCUT2D eigenvalue weighted by Crippen LogP contribution is -2.39. The van der Waals surface area contributed by atoms with Gasteiger partial charge < -0.3 is 15.8 Å². The summed E-state index contributed by atoms with van der Waals surface area (Å²) in [6, 6.07) is 18.2. The molecule has 0 aromatic heterocycles. The van der Waals surface area contributed by atoms with Crippen molar-refractivity contribution in [2.24, 2.45) is 10.7 Å². The van der Waals surface area contributed by atoms with E-state index in [4.69, 9.17) is 10.5 Å². The number of benzene rings is 2. The lowest BCUT2D eigenvalue weighted by molar-refractivity contribution is -0.113. The van der Waals surface area contributed by atoms with Crippen LogP contribution in [0, 0.1) is 11.3 Å². The number of nitrogens with zero attached hydrogens (tertiary/aromatic N) is 3. The molecule has 0 unspecified atom stereocenters. The SMILES string of the molecule is COc1ccccc1[C@H]1C(C(=O)Nc2ccccc2)=C(C)N=C2SC(C#N)=C(N)N21. The van der Waals surface area contributed by atoms with Crippen LogP contribution in [0.25, 0.3) is 0 Å². The number of para-hydroxylation sites is 2. The number of carbonyl (C=O) groups is 1. The highest BCUT2D eigenvalue weighted by Gasteiger charge is 2.43. The molecule has 2 aliphatic rings. The van der Waals surface area contributed by atoms with E-state index < -0.39 is 6.04 Å². The predicted molar refractivity (Wildman–Crippen MR) is 117 cm³/mol. The number of methoxy groups -OCH3 is 1. The van der Waals surface area contributed by atoms with Gasteiger partial charge in [0.25, 0.3) is 5.91 Å². The molecule has 2 aliphatic heterocycles. The first-order valence-corrected chi connectivity index (χ1v) is 10.0. The molecule has 0 saturated heterocycles. The fourth-order valence-corrected chi connectivity index (χ4v) is 4.45. The number of allylic oxidation sites excluding steroid dienone is 2. The molecule has 8 heteroatoms. The minimum atomic E-state index is -0.587. The number of fused-ring (bicyclic) bond motifs is 1. The summed E-state index contributed by atoms with van der Waals surface area (Å²) in [4.78, 5) is 20.0. The molecule has 4 rings (SSSR count). The third kappa shape index (κ3) is 3.29. The van der Waals surface area contributed by atoms with Gasteiger partial charge in [-0.15, -0.1) is 0 Å². The molecule has 3 N–H and O–H groups in total. The topological polar surface area (TPSA) is 104 Å². The van der Waals surface area contributed by atoms with Gasteiger partial charge >= 0.3 is 0 Å². The van der Waals surface area contributed by atoms with E-state index in [1.807, 2.05) is 54.6 Å². The van der Waals surface area contributed by atoms with Crippen molar-refractivity contribution < 1.29 is 9.53 Å². The highest BCUT2D eigenvalue weighted by Crippen LogP contribution is 2.47. The molecule has 0 spiro atoms. The molecule has 1 atom stereocenters. The number of carbonyl (C=O) groups excluding carboxylic acids is 1. The Morgan fingerprint density at radius 2 is 1.93 bits per heavy atom. The van der Waals surface area contributed by atoms with E-state index in [0.717, 1.165) is 5.56 Å². The first kappa shape index (κ1) is 19.6. The molecule has 0 fully saturated rings. The average molecular weight is 417 g/mol. The molecule has 0 radical (unpaired) electrons. The van der Waals surface area contributed by atoms with E-state index in [1.54, 1.807) is 18.9 Å². The fraction of sp³-hybridized carbons (Fsp3) is 0.136. The molecule has 30 heavy (non-hydrogen) atoms. The summed E-state index contributed by atoms with van der Waals surface area (Å²) >= 11 is 1.20. The number of ether oxygens (including phenoxy) is 1. The predicted octanol–water partition coefficient (Wildman–Crippen LogP) is 3.72. The summed E-state index contributed by atoms with van der Waals surface area (Å²) in [5.41, 5.74) is 8.74. The second kappa shape index (κ2) is 7.97. The van der Waals surface area contributed by atoms with Crippen LogP contribution in [0.3, 0.4) is 0 Å². The molecule has 2 aromatic rings. The molecular formula is C22H19N5O2S. The van der Waals surface area contributed by atoms with Gasteiger partial charge in [0.1, 0.15) is 22.5 Å². The maximum Gasteiger partial charge on any atom is 0.255 e. The van der Waals surface area contributed by atoms with Crippen molar-refractivity contribution in [3.8, 4) is 11.8 Å². The first-order chi connectivity index (χ1) is 14.5. The van der Waals surface area contributed by atoms with Crippen molar-refractivity contribution in [3.63, 3.8) is 0 Å². The van der Waals surface area contributed by atoms with Gasteiger partial charge in [-0.3, -0.25) is 9.69 Å². The number of rotatable bonds is 4. The number of nitriles is 1. The minimum absolute atomic E-state index is 0.273. The van der Waals surface area contributed by atoms with Gasteiger partial charge in [0, 0.05) is 11.3 Å². The van der Waals surface area contributed by atoms with Crippen molar-refractivity contribution in [1.29, 1.82) is 5.26 Å². The zero-order valence-corrected chi connectivity index (χ0v) is 17.2. The Hall–Kier alpha value is -3.70. The molecule has 0 aliphatic carbocycles. The zero-order chi connectivity index (χ0) is 21.3. The second-order valence-corrected chi connectivity index (χ2v) is 7.63. The normalized spacial score (nSPS) is 18.0. The second-order valence-electron chi connectivity index (χ2n) is 6.66. The van der Waals surface area contributed by atoms with E-state index in [2.05, 4.69) is 16.4 Å². The van der Waals surface area contributed by atoms with Crippen molar-refractivity contribution in [1.82, 2.24) is 4.90 Å². The summed E-state index contributed by atoms with van der Waals surface area (Å²) in [6.45, 7) is 1.79. The van der Waals surface area contributed by atoms with Gasteiger partial charge in [-0.2, -0.15) is 5.26 Å². The van der Waals surface area contributed by atoms with E-state index in [0.29, 0.717) is 32.8 Å². The highest BCUT2D eigenvalue weighted by atomic mass is 32.2. The summed E-state index contributed by atoms with van der Waals surface area (Å²) in [5, 5.41) is 13.0. The minimum Gasteiger partial charge on any atom is -0.496 e. The smallest absolute Gasteiger partial charge is 0.255 e. The van der Waals surface area contributed by atoms with Gasteiger partial charge in [-0.05, 0) is 36.9 Å². The van der Waals surface area contributed by atoms with Crippen LogP contribution >= 0.6 is 11.8 Å². The maximum atomic E-state index is 13.4.